The molecule has 0 aliphatic rings. The van der Waals surface area contributed by atoms with Crippen molar-refractivity contribution in [1.29, 1.82) is 0 Å². The molecular formula is C28H29Cl2FN2O2. The van der Waals surface area contributed by atoms with Crippen molar-refractivity contribution in [3.05, 3.63) is 105 Å². The predicted octanol–water partition coefficient (Wildman–Crippen LogP) is 6.09. The molecule has 3 rings (SSSR count). The van der Waals surface area contributed by atoms with Crippen LogP contribution in [-0.4, -0.2) is 29.3 Å². The molecule has 3 aromatic rings. The van der Waals surface area contributed by atoms with Gasteiger partial charge in [-0.3, -0.25) is 9.59 Å². The molecule has 0 heterocycles. The molecule has 4 nitrogen and oxygen atoms in total. The first-order valence-electron chi connectivity index (χ1n) is 11.5. The van der Waals surface area contributed by atoms with Crippen LogP contribution >= 0.6 is 23.2 Å². The van der Waals surface area contributed by atoms with Crippen molar-refractivity contribution in [2.75, 3.05) is 6.54 Å². The number of amides is 2. The molecule has 0 aromatic heterocycles. The smallest absolute Gasteiger partial charge is 0.243 e. The monoisotopic (exact) mass is 514 g/mol. The zero-order valence-electron chi connectivity index (χ0n) is 19.8. The second kappa shape index (κ2) is 12.7. The lowest BCUT2D eigenvalue weighted by molar-refractivity contribution is -0.140. The van der Waals surface area contributed by atoms with E-state index in [2.05, 4.69) is 5.32 Å². The SMILES string of the molecule is CC(C)CNC(=O)[C@@H](Cc1ccccc1)N(Cc1ccccc1F)C(=O)Cc1ccc(Cl)cc1Cl. The van der Waals surface area contributed by atoms with E-state index in [1.165, 1.54) is 11.0 Å². The lowest BCUT2D eigenvalue weighted by Gasteiger charge is -2.32. The lowest BCUT2D eigenvalue weighted by Crippen LogP contribution is -2.51. The van der Waals surface area contributed by atoms with Gasteiger partial charge in [-0.2, -0.15) is 0 Å². The first-order valence-corrected chi connectivity index (χ1v) is 12.3. The Balaban J connectivity index is 1.99. The number of carbonyl (C=O) groups is 2. The van der Waals surface area contributed by atoms with E-state index >= 15 is 0 Å². The quantitative estimate of drug-likeness (QED) is 0.356. The maximum absolute atomic E-state index is 14.6. The van der Waals surface area contributed by atoms with Crippen LogP contribution in [0.2, 0.25) is 10.0 Å². The fourth-order valence-corrected chi connectivity index (χ4v) is 4.19. The average Bonchev–Trinajstić information content (AvgIpc) is 2.83. The molecule has 3 aromatic carbocycles. The molecular weight excluding hydrogens is 486 g/mol. The maximum Gasteiger partial charge on any atom is 0.243 e. The van der Waals surface area contributed by atoms with Gasteiger partial charge in [-0.05, 0) is 35.2 Å². The normalized spacial score (nSPS) is 11.8. The largest absolute Gasteiger partial charge is 0.354 e. The third-order valence-electron chi connectivity index (χ3n) is 5.61. The Kier molecular flexibility index (Phi) is 9.70. The van der Waals surface area contributed by atoms with E-state index < -0.39 is 11.9 Å². The van der Waals surface area contributed by atoms with Crippen LogP contribution in [0.5, 0.6) is 0 Å². The number of benzene rings is 3. The fourth-order valence-electron chi connectivity index (χ4n) is 3.72. The van der Waals surface area contributed by atoms with Gasteiger partial charge in [0.25, 0.3) is 0 Å². The molecule has 0 aliphatic carbocycles. The second-order valence-electron chi connectivity index (χ2n) is 8.87. The molecule has 0 saturated heterocycles. The summed E-state index contributed by atoms with van der Waals surface area (Å²) in [5.41, 5.74) is 1.81. The fraction of sp³-hybridized carbons (Fsp3) is 0.286. The van der Waals surface area contributed by atoms with Crippen molar-refractivity contribution in [3.63, 3.8) is 0 Å². The lowest BCUT2D eigenvalue weighted by atomic mass is 10.0. The highest BCUT2D eigenvalue weighted by molar-refractivity contribution is 6.35. The molecule has 7 heteroatoms. The zero-order valence-corrected chi connectivity index (χ0v) is 21.3. The Labute approximate surface area is 216 Å². The minimum absolute atomic E-state index is 0.0484. The van der Waals surface area contributed by atoms with E-state index in [1.807, 2.05) is 44.2 Å². The summed E-state index contributed by atoms with van der Waals surface area (Å²) < 4.78 is 14.6. The molecule has 35 heavy (non-hydrogen) atoms. The minimum Gasteiger partial charge on any atom is -0.354 e. The van der Waals surface area contributed by atoms with Crippen molar-refractivity contribution < 1.29 is 14.0 Å². The summed E-state index contributed by atoms with van der Waals surface area (Å²) in [6.07, 6.45) is 0.243. The first-order chi connectivity index (χ1) is 16.7. The summed E-state index contributed by atoms with van der Waals surface area (Å²) in [5.74, 6) is -0.816. The van der Waals surface area contributed by atoms with Crippen LogP contribution in [0, 0.1) is 11.7 Å². The molecule has 0 bridgehead atoms. The molecule has 184 valence electrons. The van der Waals surface area contributed by atoms with Crippen molar-refractivity contribution in [1.82, 2.24) is 10.2 Å². The van der Waals surface area contributed by atoms with Crippen LogP contribution in [-0.2, 0) is 29.0 Å². The summed E-state index contributed by atoms with van der Waals surface area (Å²) in [5, 5.41) is 3.77. The van der Waals surface area contributed by atoms with Crippen molar-refractivity contribution in [2.45, 2.75) is 39.3 Å². The number of hydrogen-bond acceptors (Lipinski definition) is 2. The summed E-state index contributed by atoms with van der Waals surface area (Å²) in [6.45, 7) is 4.41. The molecule has 1 N–H and O–H groups in total. The van der Waals surface area contributed by atoms with Crippen molar-refractivity contribution in [2.24, 2.45) is 5.92 Å². The van der Waals surface area contributed by atoms with E-state index in [9.17, 15) is 14.0 Å². The van der Waals surface area contributed by atoms with Crippen molar-refractivity contribution >= 4 is 35.0 Å². The Morgan fingerprint density at radius 3 is 2.29 bits per heavy atom. The van der Waals surface area contributed by atoms with E-state index in [1.54, 1.807) is 36.4 Å². The van der Waals surface area contributed by atoms with Crippen molar-refractivity contribution in [3.8, 4) is 0 Å². The van der Waals surface area contributed by atoms with Gasteiger partial charge in [0.2, 0.25) is 11.8 Å². The van der Waals surface area contributed by atoms with Crippen LogP contribution < -0.4 is 5.32 Å². The van der Waals surface area contributed by atoms with Gasteiger partial charge in [-0.1, -0.05) is 91.6 Å². The average molecular weight is 515 g/mol. The Hall–Kier alpha value is -2.89. The van der Waals surface area contributed by atoms with Crippen LogP contribution in [0.1, 0.15) is 30.5 Å². The zero-order chi connectivity index (χ0) is 25.4. The number of hydrogen-bond donors (Lipinski definition) is 1. The number of carbonyl (C=O) groups excluding carboxylic acids is 2. The third-order valence-corrected chi connectivity index (χ3v) is 6.20. The number of rotatable bonds is 10. The van der Waals surface area contributed by atoms with Crippen LogP contribution in [0.4, 0.5) is 4.39 Å². The second-order valence-corrected chi connectivity index (χ2v) is 9.71. The molecule has 0 spiro atoms. The highest BCUT2D eigenvalue weighted by Crippen LogP contribution is 2.24. The number of halogens is 3. The maximum atomic E-state index is 14.6. The summed E-state index contributed by atoms with van der Waals surface area (Å²) >= 11 is 12.3. The molecule has 0 saturated carbocycles. The van der Waals surface area contributed by atoms with E-state index in [0.717, 1.165) is 5.56 Å². The van der Waals surface area contributed by atoms with Gasteiger partial charge in [0.15, 0.2) is 0 Å². The Morgan fingerprint density at radius 2 is 1.63 bits per heavy atom. The van der Waals surface area contributed by atoms with E-state index in [0.29, 0.717) is 34.1 Å². The summed E-state index contributed by atoms with van der Waals surface area (Å²) in [6, 6.07) is 19.8. The highest BCUT2D eigenvalue weighted by atomic mass is 35.5. The van der Waals surface area contributed by atoms with Gasteiger partial charge in [-0.25, -0.2) is 4.39 Å². The Bertz CT molecular complexity index is 1150. The van der Waals surface area contributed by atoms with E-state index in [-0.39, 0.29) is 30.7 Å². The predicted molar refractivity (Wildman–Crippen MR) is 139 cm³/mol. The van der Waals surface area contributed by atoms with Gasteiger partial charge in [0, 0.05) is 35.1 Å². The van der Waals surface area contributed by atoms with Gasteiger partial charge in [0.05, 0.1) is 6.42 Å². The van der Waals surface area contributed by atoms with Crippen LogP contribution in [0.3, 0.4) is 0 Å². The first kappa shape index (κ1) is 26.7. The molecule has 0 radical (unpaired) electrons. The molecule has 0 aliphatic heterocycles. The van der Waals surface area contributed by atoms with Gasteiger partial charge in [-0.15, -0.1) is 0 Å². The van der Waals surface area contributed by atoms with Gasteiger partial charge in [0.1, 0.15) is 11.9 Å². The van der Waals surface area contributed by atoms with Crippen LogP contribution in [0.25, 0.3) is 0 Å². The summed E-state index contributed by atoms with van der Waals surface area (Å²) in [4.78, 5) is 28.5. The number of nitrogens with one attached hydrogen (secondary N) is 1. The number of nitrogens with zero attached hydrogens (tertiary/aromatic N) is 1. The molecule has 0 fully saturated rings. The van der Waals surface area contributed by atoms with Gasteiger partial charge >= 0.3 is 0 Å². The highest BCUT2D eigenvalue weighted by Gasteiger charge is 2.31. The van der Waals surface area contributed by atoms with E-state index in [4.69, 9.17) is 23.2 Å². The third kappa shape index (κ3) is 7.81. The summed E-state index contributed by atoms with van der Waals surface area (Å²) in [7, 11) is 0. The minimum atomic E-state index is -0.839. The van der Waals surface area contributed by atoms with Crippen LogP contribution in [0.15, 0.2) is 72.8 Å². The molecule has 1 atom stereocenters. The standard InChI is InChI=1S/C28H29Cl2FN2O2/c1-19(2)17-32-28(35)26(14-20-8-4-3-5-9-20)33(18-22-10-6-7-11-25(22)31)27(34)15-21-12-13-23(29)16-24(21)30/h3-13,16,19,26H,14-15,17-18H2,1-2H3,(H,32,35)/t26-/m1/s1. The Morgan fingerprint density at radius 1 is 0.943 bits per heavy atom. The molecule has 0 unspecified atom stereocenters. The topological polar surface area (TPSA) is 49.4 Å². The molecule has 2 amide bonds. The van der Waals surface area contributed by atoms with Gasteiger partial charge < -0.3 is 10.2 Å².